The highest BCUT2D eigenvalue weighted by molar-refractivity contribution is 9.10. The summed E-state index contributed by atoms with van der Waals surface area (Å²) in [4.78, 5) is 0. The summed E-state index contributed by atoms with van der Waals surface area (Å²) < 4.78 is 1.22. The summed E-state index contributed by atoms with van der Waals surface area (Å²) in [6, 6.07) is 11.0. The summed E-state index contributed by atoms with van der Waals surface area (Å²) in [5, 5.41) is 2.73. The van der Waals surface area contributed by atoms with Crippen molar-refractivity contribution < 1.29 is 0 Å². The molecule has 0 bridgehead atoms. The summed E-state index contributed by atoms with van der Waals surface area (Å²) in [7, 11) is 0. The highest BCUT2D eigenvalue weighted by Crippen LogP contribution is 2.38. The molecule has 0 amide bonds. The number of benzene rings is 2. The van der Waals surface area contributed by atoms with Gasteiger partial charge < -0.3 is 0 Å². The normalized spacial score (nSPS) is 13.9. The van der Waals surface area contributed by atoms with Gasteiger partial charge in [0, 0.05) is 4.47 Å². The second-order valence-corrected chi connectivity index (χ2v) is 5.47. The summed E-state index contributed by atoms with van der Waals surface area (Å²) in [5.41, 5.74) is 4.48. The van der Waals surface area contributed by atoms with Gasteiger partial charge in [0.2, 0.25) is 0 Å². The van der Waals surface area contributed by atoms with Crippen molar-refractivity contribution in [1.29, 1.82) is 0 Å². The lowest BCUT2D eigenvalue weighted by molar-refractivity contribution is 0.975. The van der Waals surface area contributed by atoms with E-state index in [-0.39, 0.29) is 0 Å². The third kappa shape index (κ3) is 1.73. The molecule has 0 atom stereocenters. The van der Waals surface area contributed by atoms with Crippen LogP contribution in [0.25, 0.3) is 16.3 Å². The van der Waals surface area contributed by atoms with Gasteiger partial charge in [-0.1, -0.05) is 59.6 Å². The van der Waals surface area contributed by atoms with E-state index in [0.717, 1.165) is 6.42 Å². The summed E-state index contributed by atoms with van der Waals surface area (Å²) in [6.07, 6.45) is 5.90. The Balaban J connectivity index is 2.25. The molecule has 2 aromatic carbocycles. The van der Waals surface area contributed by atoms with Crippen molar-refractivity contribution in [1.82, 2.24) is 0 Å². The molecule has 3 rings (SSSR count). The second-order valence-electron chi connectivity index (χ2n) is 4.61. The molecule has 0 N–H and O–H groups in total. The van der Waals surface area contributed by atoms with Gasteiger partial charge in [-0.25, -0.2) is 0 Å². The zero-order valence-corrected chi connectivity index (χ0v) is 11.5. The Labute approximate surface area is 110 Å². The van der Waals surface area contributed by atoms with E-state index >= 15 is 0 Å². The van der Waals surface area contributed by atoms with Crippen LogP contribution >= 0.6 is 15.9 Å². The molecule has 1 heteroatoms. The predicted octanol–water partition coefficient (Wildman–Crippen LogP) is 5.34. The quantitative estimate of drug-likeness (QED) is 0.699. The maximum atomic E-state index is 3.70. The maximum Gasteiger partial charge on any atom is 0.0259 e. The lowest BCUT2D eigenvalue weighted by Gasteiger charge is -2.10. The number of rotatable bonds is 2. The third-order valence-corrected chi connectivity index (χ3v) is 4.18. The molecule has 0 unspecified atom stereocenters. The molecule has 0 radical (unpaired) electrons. The molecular weight excluding hydrogens is 272 g/mol. The van der Waals surface area contributed by atoms with Crippen LogP contribution in [-0.2, 0) is 6.42 Å². The molecule has 1 aliphatic rings. The van der Waals surface area contributed by atoms with Crippen LogP contribution in [0.15, 0.2) is 40.9 Å². The van der Waals surface area contributed by atoms with E-state index < -0.39 is 0 Å². The highest BCUT2D eigenvalue weighted by Gasteiger charge is 2.17. The first-order chi connectivity index (χ1) is 8.31. The summed E-state index contributed by atoms with van der Waals surface area (Å²) >= 11 is 3.70. The number of hydrogen-bond acceptors (Lipinski definition) is 0. The largest absolute Gasteiger partial charge is 0.0763 e. The SMILES string of the molecule is CCCC1=CCc2c1cc(Br)c1ccccc21. The summed E-state index contributed by atoms with van der Waals surface area (Å²) in [6.45, 7) is 2.24. The van der Waals surface area contributed by atoms with Crippen LogP contribution in [-0.4, -0.2) is 0 Å². The van der Waals surface area contributed by atoms with Gasteiger partial charge in [0.05, 0.1) is 0 Å². The van der Waals surface area contributed by atoms with Gasteiger partial charge in [0.25, 0.3) is 0 Å². The van der Waals surface area contributed by atoms with Gasteiger partial charge in [-0.05, 0) is 46.4 Å². The van der Waals surface area contributed by atoms with Crippen molar-refractivity contribution in [2.45, 2.75) is 26.2 Å². The van der Waals surface area contributed by atoms with E-state index in [1.165, 1.54) is 44.8 Å². The van der Waals surface area contributed by atoms with Crippen LogP contribution in [0.3, 0.4) is 0 Å². The molecule has 0 spiro atoms. The minimum absolute atomic E-state index is 1.10. The second kappa shape index (κ2) is 4.30. The molecule has 86 valence electrons. The van der Waals surface area contributed by atoms with Gasteiger partial charge in [-0.3, -0.25) is 0 Å². The average Bonchev–Trinajstić information content (AvgIpc) is 2.74. The van der Waals surface area contributed by atoms with Gasteiger partial charge in [-0.2, -0.15) is 0 Å². The lowest BCUT2D eigenvalue weighted by Crippen LogP contribution is -1.88. The van der Waals surface area contributed by atoms with Crippen LogP contribution in [0.1, 0.15) is 30.9 Å². The van der Waals surface area contributed by atoms with E-state index in [0.29, 0.717) is 0 Å². The van der Waals surface area contributed by atoms with E-state index in [9.17, 15) is 0 Å². The minimum atomic E-state index is 1.10. The Kier molecular flexibility index (Phi) is 2.79. The molecule has 17 heavy (non-hydrogen) atoms. The fourth-order valence-corrected chi connectivity index (χ4v) is 3.31. The first-order valence-electron chi connectivity index (χ1n) is 6.20. The van der Waals surface area contributed by atoms with Crippen molar-refractivity contribution in [3.8, 4) is 0 Å². The molecule has 0 nitrogen and oxygen atoms in total. The highest BCUT2D eigenvalue weighted by atomic mass is 79.9. The standard InChI is InChI=1S/C16H15Br/c1-2-5-11-8-9-13-12-6-3-4-7-14(12)16(17)10-15(11)13/h3-4,6-8,10H,2,5,9H2,1H3. The molecular formula is C16H15Br. The monoisotopic (exact) mass is 286 g/mol. The third-order valence-electron chi connectivity index (χ3n) is 3.52. The number of allylic oxidation sites excluding steroid dienone is 2. The molecule has 1 aliphatic carbocycles. The smallest absolute Gasteiger partial charge is 0.0259 e. The number of halogens is 1. The van der Waals surface area contributed by atoms with Gasteiger partial charge in [-0.15, -0.1) is 0 Å². The molecule has 0 aliphatic heterocycles. The van der Waals surface area contributed by atoms with E-state index in [2.05, 4.69) is 59.3 Å². The molecule has 0 fully saturated rings. The average molecular weight is 287 g/mol. The van der Waals surface area contributed by atoms with Gasteiger partial charge in [0.15, 0.2) is 0 Å². The molecule has 2 aromatic rings. The van der Waals surface area contributed by atoms with Crippen molar-refractivity contribution in [3.63, 3.8) is 0 Å². The van der Waals surface area contributed by atoms with E-state index in [4.69, 9.17) is 0 Å². The molecule has 0 heterocycles. The molecule has 0 saturated carbocycles. The molecule has 0 saturated heterocycles. The van der Waals surface area contributed by atoms with Crippen molar-refractivity contribution in [3.05, 3.63) is 52.0 Å². The lowest BCUT2D eigenvalue weighted by atomic mass is 9.97. The fraction of sp³-hybridized carbons (Fsp3) is 0.250. The topological polar surface area (TPSA) is 0 Å². The van der Waals surface area contributed by atoms with E-state index in [1.807, 2.05) is 0 Å². The van der Waals surface area contributed by atoms with Gasteiger partial charge >= 0.3 is 0 Å². The Morgan fingerprint density at radius 1 is 1.18 bits per heavy atom. The van der Waals surface area contributed by atoms with E-state index in [1.54, 1.807) is 0 Å². The van der Waals surface area contributed by atoms with Crippen LogP contribution in [0.4, 0.5) is 0 Å². The van der Waals surface area contributed by atoms with Crippen LogP contribution in [0.2, 0.25) is 0 Å². The van der Waals surface area contributed by atoms with Crippen LogP contribution in [0.5, 0.6) is 0 Å². The maximum absolute atomic E-state index is 3.70. The fourth-order valence-electron chi connectivity index (χ4n) is 2.74. The zero-order chi connectivity index (χ0) is 11.8. The summed E-state index contributed by atoms with van der Waals surface area (Å²) in [5.74, 6) is 0. The Hall–Kier alpha value is -1.08. The first-order valence-corrected chi connectivity index (χ1v) is 7.00. The Morgan fingerprint density at radius 2 is 1.94 bits per heavy atom. The Morgan fingerprint density at radius 3 is 2.71 bits per heavy atom. The van der Waals surface area contributed by atoms with Crippen molar-refractivity contribution in [2.75, 3.05) is 0 Å². The predicted molar refractivity (Wildman–Crippen MR) is 78.2 cm³/mol. The number of hydrogen-bond donors (Lipinski definition) is 0. The van der Waals surface area contributed by atoms with Crippen molar-refractivity contribution >= 4 is 32.3 Å². The zero-order valence-electron chi connectivity index (χ0n) is 9.96. The number of fused-ring (bicyclic) bond motifs is 3. The minimum Gasteiger partial charge on any atom is -0.0763 e. The first kappa shape index (κ1) is 11.0. The van der Waals surface area contributed by atoms with Crippen LogP contribution in [0, 0.1) is 0 Å². The van der Waals surface area contributed by atoms with Crippen LogP contribution < -0.4 is 0 Å². The van der Waals surface area contributed by atoms with Gasteiger partial charge in [0.1, 0.15) is 0 Å². The van der Waals surface area contributed by atoms with Crippen molar-refractivity contribution in [2.24, 2.45) is 0 Å². The Bertz CT molecular complexity index is 608. The molecule has 0 aromatic heterocycles.